The molecule has 0 spiro atoms. The topological polar surface area (TPSA) is 74.2 Å². The van der Waals surface area contributed by atoms with Crippen molar-refractivity contribution >= 4 is 0 Å². The highest BCUT2D eigenvalue weighted by atomic mass is 16.5. The summed E-state index contributed by atoms with van der Waals surface area (Å²) in [5.74, 6) is 1.06. The molecule has 16 heavy (non-hydrogen) atoms. The Kier molecular flexibility index (Phi) is 4.89. The lowest BCUT2D eigenvalue weighted by Gasteiger charge is -2.18. The standard InChI is InChI=1S/C11H21N3O2/c1-4-6-11(3,12)10-13-9(14-16-10)8-15-7-5-2/h4-8,12H2,1-3H3. The van der Waals surface area contributed by atoms with Crippen molar-refractivity contribution in [3.05, 3.63) is 11.7 Å². The van der Waals surface area contributed by atoms with Crippen molar-refractivity contribution in [2.24, 2.45) is 5.73 Å². The van der Waals surface area contributed by atoms with Gasteiger partial charge in [-0.25, -0.2) is 0 Å². The molecule has 0 radical (unpaired) electrons. The molecule has 0 aliphatic rings. The molecule has 5 heteroatoms. The van der Waals surface area contributed by atoms with Crippen molar-refractivity contribution in [2.45, 2.75) is 52.2 Å². The summed E-state index contributed by atoms with van der Waals surface area (Å²) < 4.78 is 10.5. The summed E-state index contributed by atoms with van der Waals surface area (Å²) in [7, 11) is 0. The normalized spacial score (nSPS) is 15.0. The van der Waals surface area contributed by atoms with Crippen molar-refractivity contribution in [3.8, 4) is 0 Å². The fourth-order valence-electron chi connectivity index (χ4n) is 1.48. The second kappa shape index (κ2) is 5.96. The minimum absolute atomic E-state index is 0.388. The van der Waals surface area contributed by atoms with Crippen LogP contribution in [0.15, 0.2) is 4.52 Å². The number of hydrogen-bond donors (Lipinski definition) is 1. The molecule has 0 aliphatic carbocycles. The van der Waals surface area contributed by atoms with Gasteiger partial charge in [0.05, 0.1) is 5.54 Å². The minimum Gasteiger partial charge on any atom is -0.373 e. The maximum atomic E-state index is 6.08. The smallest absolute Gasteiger partial charge is 0.246 e. The van der Waals surface area contributed by atoms with Crippen LogP contribution in [0.25, 0.3) is 0 Å². The Bertz CT molecular complexity index is 310. The van der Waals surface area contributed by atoms with E-state index in [0.717, 1.165) is 19.3 Å². The van der Waals surface area contributed by atoms with Crippen molar-refractivity contribution in [1.82, 2.24) is 10.1 Å². The van der Waals surface area contributed by atoms with E-state index in [9.17, 15) is 0 Å². The summed E-state index contributed by atoms with van der Waals surface area (Å²) in [5.41, 5.74) is 5.54. The predicted molar refractivity (Wildman–Crippen MR) is 60.7 cm³/mol. The number of nitrogens with zero attached hydrogens (tertiary/aromatic N) is 2. The summed E-state index contributed by atoms with van der Waals surface area (Å²) in [4.78, 5) is 4.24. The van der Waals surface area contributed by atoms with Crippen LogP contribution in [0.5, 0.6) is 0 Å². The van der Waals surface area contributed by atoms with Crippen LogP contribution in [0, 0.1) is 0 Å². The highest BCUT2D eigenvalue weighted by molar-refractivity contribution is 4.99. The lowest BCUT2D eigenvalue weighted by molar-refractivity contribution is 0.114. The molecule has 0 amide bonds. The maximum Gasteiger partial charge on any atom is 0.246 e. The molecule has 92 valence electrons. The van der Waals surface area contributed by atoms with E-state index in [-0.39, 0.29) is 0 Å². The summed E-state index contributed by atoms with van der Waals surface area (Å²) in [6.07, 6.45) is 2.79. The molecular weight excluding hydrogens is 206 g/mol. The molecule has 1 aromatic heterocycles. The Labute approximate surface area is 96.4 Å². The fourth-order valence-corrected chi connectivity index (χ4v) is 1.48. The molecule has 1 atom stereocenters. The first-order valence-corrected chi connectivity index (χ1v) is 5.79. The van der Waals surface area contributed by atoms with Gasteiger partial charge in [-0.1, -0.05) is 25.4 Å². The molecular formula is C11H21N3O2. The van der Waals surface area contributed by atoms with E-state index < -0.39 is 5.54 Å². The maximum absolute atomic E-state index is 6.08. The van der Waals surface area contributed by atoms with Gasteiger partial charge in [0.1, 0.15) is 6.61 Å². The molecule has 0 saturated carbocycles. The fraction of sp³-hybridized carbons (Fsp3) is 0.818. The van der Waals surface area contributed by atoms with Crippen LogP contribution < -0.4 is 5.73 Å². The van der Waals surface area contributed by atoms with Gasteiger partial charge < -0.3 is 15.0 Å². The van der Waals surface area contributed by atoms with Crippen molar-refractivity contribution in [2.75, 3.05) is 6.61 Å². The zero-order valence-corrected chi connectivity index (χ0v) is 10.3. The third-order valence-corrected chi connectivity index (χ3v) is 2.31. The third-order valence-electron chi connectivity index (χ3n) is 2.31. The Morgan fingerprint density at radius 3 is 2.75 bits per heavy atom. The highest BCUT2D eigenvalue weighted by Gasteiger charge is 2.27. The molecule has 1 unspecified atom stereocenters. The van der Waals surface area contributed by atoms with Crippen LogP contribution in [0.2, 0.25) is 0 Å². The van der Waals surface area contributed by atoms with E-state index in [1.54, 1.807) is 0 Å². The summed E-state index contributed by atoms with van der Waals surface area (Å²) in [6.45, 7) is 7.13. The van der Waals surface area contributed by atoms with Gasteiger partial charge in [0.25, 0.3) is 0 Å². The van der Waals surface area contributed by atoms with Crippen LogP contribution in [0.1, 0.15) is 51.7 Å². The lowest BCUT2D eigenvalue weighted by atomic mass is 9.98. The number of nitrogens with two attached hydrogens (primary N) is 1. The van der Waals surface area contributed by atoms with Crippen LogP contribution >= 0.6 is 0 Å². The van der Waals surface area contributed by atoms with Crippen molar-refractivity contribution in [3.63, 3.8) is 0 Å². The predicted octanol–water partition coefficient (Wildman–Crippen LogP) is 1.97. The van der Waals surface area contributed by atoms with Crippen molar-refractivity contribution in [1.29, 1.82) is 0 Å². The zero-order valence-electron chi connectivity index (χ0n) is 10.3. The Hall–Kier alpha value is -0.940. The van der Waals surface area contributed by atoms with Crippen LogP contribution in [0.3, 0.4) is 0 Å². The Morgan fingerprint density at radius 1 is 1.38 bits per heavy atom. The van der Waals surface area contributed by atoms with Crippen LogP contribution in [0.4, 0.5) is 0 Å². The van der Waals surface area contributed by atoms with Gasteiger partial charge in [-0.15, -0.1) is 0 Å². The number of rotatable bonds is 7. The second-order valence-corrected chi connectivity index (χ2v) is 4.24. The van der Waals surface area contributed by atoms with Crippen LogP contribution in [-0.2, 0) is 16.9 Å². The van der Waals surface area contributed by atoms with Gasteiger partial charge in [0.2, 0.25) is 5.89 Å². The summed E-state index contributed by atoms with van der Waals surface area (Å²) in [6, 6.07) is 0. The highest BCUT2D eigenvalue weighted by Crippen LogP contribution is 2.21. The Morgan fingerprint density at radius 2 is 2.12 bits per heavy atom. The number of aromatic nitrogens is 2. The molecule has 1 aromatic rings. The van der Waals surface area contributed by atoms with Crippen LogP contribution in [-0.4, -0.2) is 16.7 Å². The average molecular weight is 227 g/mol. The molecule has 5 nitrogen and oxygen atoms in total. The van der Waals surface area contributed by atoms with Gasteiger partial charge >= 0.3 is 0 Å². The third kappa shape index (κ3) is 3.57. The molecule has 1 heterocycles. The van der Waals surface area contributed by atoms with E-state index in [0.29, 0.717) is 24.9 Å². The van der Waals surface area contributed by atoms with E-state index in [2.05, 4.69) is 24.0 Å². The second-order valence-electron chi connectivity index (χ2n) is 4.24. The van der Waals surface area contributed by atoms with E-state index >= 15 is 0 Å². The number of hydrogen-bond acceptors (Lipinski definition) is 5. The number of ether oxygens (including phenoxy) is 1. The molecule has 0 aromatic carbocycles. The minimum atomic E-state index is -0.537. The summed E-state index contributed by atoms with van der Waals surface area (Å²) in [5, 5.41) is 3.85. The first-order valence-electron chi connectivity index (χ1n) is 5.79. The van der Waals surface area contributed by atoms with E-state index in [1.165, 1.54) is 0 Å². The SMILES string of the molecule is CCCOCc1noc(C(C)(N)CCC)n1. The monoisotopic (exact) mass is 227 g/mol. The molecule has 0 saturated heterocycles. The van der Waals surface area contributed by atoms with Gasteiger partial charge in [-0.2, -0.15) is 4.98 Å². The quantitative estimate of drug-likeness (QED) is 0.721. The van der Waals surface area contributed by atoms with Gasteiger partial charge in [0, 0.05) is 6.61 Å². The molecule has 0 bridgehead atoms. The molecule has 0 fully saturated rings. The Balaban J connectivity index is 2.56. The van der Waals surface area contributed by atoms with Gasteiger partial charge in [-0.3, -0.25) is 0 Å². The average Bonchev–Trinajstić information content (AvgIpc) is 2.67. The zero-order chi connectivity index (χ0) is 12.0. The molecule has 1 rings (SSSR count). The molecule has 2 N–H and O–H groups in total. The van der Waals surface area contributed by atoms with Gasteiger partial charge in [0.15, 0.2) is 5.82 Å². The van der Waals surface area contributed by atoms with Gasteiger partial charge in [-0.05, 0) is 19.8 Å². The van der Waals surface area contributed by atoms with E-state index in [1.807, 2.05) is 6.92 Å². The van der Waals surface area contributed by atoms with Crippen molar-refractivity contribution < 1.29 is 9.26 Å². The lowest BCUT2D eigenvalue weighted by Crippen LogP contribution is -2.33. The largest absolute Gasteiger partial charge is 0.373 e. The molecule has 0 aliphatic heterocycles. The van der Waals surface area contributed by atoms with E-state index in [4.69, 9.17) is 15.0 Å². The summed E-state index contributed by atoms with van der Waals surface area (Å²) >= 11 is 0. The first-order chi connectivity index (χ1) is 7.60. The first kappa shape index (κ1) is 13.1.